The average Bonchev–Trinajstić information content (AvgIpc) is 2.70. The van der Waals surface area contributed by atoms with Gasteiger partial charge in [-0.2, -0.15) is 0 Å². The number of carbonyl (C=O) groups is 3. The fourth-order valence-corrected chi connectivity index (χ4v) is 2.52. The van der Waals surface area contributed by atoms with Crippen LogP contribution < -0.4 is 10.6 Å². The predicted molar refractivity (Wildman–Crippen MR) is 81.7 cm³/mol. The molecule has 0 aliphatic carbocycles. The first-order chi connectivity index (χ1) is 10.7. The van der Waals surface area contributed by atoms with E-state index in [-0.39, 0.29) is 18.4 Å². The lowest BCUT2D eigenvalue weighted by molar-refractivity contribution is -0.138. The molecule has 1 fully saturated rings. The Morgan fingerprint density at radius 2 is 2.05 bits per heavy atom. The van der Waals surface area contributed by atoms with Crippen molar-refractivity contribution in [2.75, 3.05) is 13.1 Å². The normalized spacial score (nSPS) is 18.5. The fourth-order valence-electron chi connectivity index (χ4n) is 2.52. The van der Waals surface area contributed by atoms with Crippen molar-refractivity contribution >= 4 is 18.2 Å². The average molecular weight is 303 g/mol. The summed E-state index contributed by atoms with van der Waals surface area (Å²) in [5.74, 6) is -0.372. The molecule has 1 heterocycles. The van der Waals surface area contributed by atoms with Gasteiger partial charge >= 0.3 is 0 Å². The monoisotopic (exact) mass is 303 g/mol. The van der Waals surface area contributed by atoms with E-state index >= 15 is 0 Å². The first kappa shape index (κ1) is 16.0. The summed E-state index contributed by atoms with van der Waals surface area (Å²) >= 11 is 0. The van der Waals surface area contributed by atoms with Gasteiger partial charge in [0.2, 0.25) is 18.2 Å². The van der Waals surface area contributed by atoms with Crippen molar-refractivity contribution in [3.05, 3.63) is 35.9 Å². The fraction of sp³-hybridized carbons (Fsp3) is 0.438. The van der Waals surface area contributed by atoms with Gasteiger partial charge in [0.25, 0.3) is 0 Å². The van der Waals surface area contributed by atoms with E-state index in [1.807, 2.05) is 30.3 Å². The molecule has 0 unspecified atom stereocenters. The third-order valence-corrected chi connectivity index (χ3v) is 3.72. The Kier molecular flexibility index (Phi) is 5.94. The summed E-state index contributed by atoms with van der Waals surface area (Å²) in [7, 11) is 0. The summed E-state index contributed by atoms with van der Waals surface area (Å²) in [5, 5.41) is 5.34. The Hall–Kier alpha value is -2.37. The van der Waals surface area contributed by atoms with Gasteiger partial charge in [-0.25, -0.2) is 0 Å². The van der Waals surface area contributed by atoms with Gasteiger partial charge in [0, 0.05) is 13.1 Å². The molecule has 6 nitrogen and oxygen atoms in total. The van der Waals surface area contributed by atoms with Crippen LogP contribution in [0.15, 0.2) is 30.3 Å². The zero-order valence-corrected chi connectivity index (χ0v) is 12.5. The molecule has 2 rings (SSSR count). The van der Waals surface area contributed by atoms with Gasteiger partial charge in [-0.05, 0) is 24.8 Å². The van der Waals surface area contributed by atoms with Crippen LogP contribution in [-0.2, 0) is 20.9 Å². The van der Waals surface area contributed by atoms with E-state index in [4.69, 9.17) is 0 Å². The number of amides is 3. The van der Waals surface area contributed by atoms with Gasteiger partial charge in [0.15, 0.2) is 0 Å². The Morgan fingerprint density at radius 3 is 2.77 bits per heavy atom. The summed E-state index contributed by atoms with van der Waals surface area (Å²) in [6, 6.07) is 9.09. The third-order valence-electron chi connectivity index (χ3n) is 3.72. The van der Waals surface area contributed by atoms with Crippen molar-refractivity contribution in [2.45, 2.75) is 31.8 Å². The minimum atomic E-state index is -0.512. The number of benzene rings is 1. The molecule has 1 aromatic carbocycles. The molecule has 0 radical (unpaired) electrons. The molecule has 0 saturated carbocycles. The first-order valence-corrected chi connectivity index (χ1v) is 7.50. The Balaban J connectivity index is 1.86. The van der Waals surface area contributed by atoms with E-state index in [9.17, 15) is 14.4 Å². The molecule has 1 aromatic rings. The van der Waals surface area contributed by atoms with E-state index in [2.05, 4.69) is 10.6 Å². The summed E-state index contributed by atoms with van der Waals surface area (Å²) in [6.45, 7) is 1.02. The molecular weight excluding hydrogens is 282 g/mol. The summed E-state index contributed by atoms with van der Waals surface area (Å²) < 4.78 is 0. The van der Waals surface area contributed by atoms with Gasteiger partial charge in [-0.1, -0.05) is 30.3 Å². The predicted octanol–water partition coefficient (Wildman–Crippen LogP) is 0.430. The Bertz CT molecular complexity index is 519. The number of nitrogens with one attached hydrogen (secondary N) is 2. The van der Waals surface area contributed by atoms with E-state index in [0.29, 0.717) is 25.9 Å². The summed E-state index contributed by atoms with van der Waals surface area (Å²) in [6.07, 6.45) is 2.87. The maximum atomic E-state index is 12.3. The van der Waals surface area contributed by atoms with Crippen LogP contribution in [0.4, 0.5) is 0 Å². The number of hydrogen-bond donors (Lipinski definition) is 2. The second kappa shape index (κ2) is 8.17. The minimum Gasteiger partial charge on any atom is -0.350 e. The molecular formula is C16H21N3O3. The van der Waals surface area contributed by atoms with Crippen molar-refractivity contribution in [3.63, 3.8) is 0 Å². The molecule has 0 spiro atoms. The van der Waals surface area contributed by atoms with Gasteiger partial charge < -0.3 is 15.5 Å². The molecule has 22 heavy (non-hydrogen) atoms. The lowest BCUT2D eigenvalue weighted by atomic mass is 10.1. The third kappa shape index (κ3) is 4.58. The van der Waals surface area contributed by atoms with E-state index in [1.165, 1.54) is 4.90 Å². The maximum Gasteiger partial charge on any atom is 0.245 e. The van der Waals surface area contributed by atoms with Gasteiger partial charge in [-0.3, -0.25) is 14.4 Å². The van der Waals surface area contributed by atoms with Crippen molar-refractivity contribution in [2.24, 2.45) is 0 Å². The molecule has 2 N–H and O–H groups in total. The van der Waals surface area contributed by atoms with Crippen LogP contribution in [0.2, 0.25) is 0 Å². The number of rotatable bonds is 6. The Morgan fingerprint density at radius 1 is 1.27 bits per heavy atom. The number of nitrogens with zero attached hydrogens (tertiary/aromatic N) is 1. The lowest BCUT2D eigenvalue weighted by Crippen LogP contribution is -2.48. The quantitative estimate of drug-likeness (QED) is 0.748. The minimum absolute atomic E-state index is 0.0305. The topological polar surface area (TPSA) is 78.5 Å². The molecule has 1 saturated heterocycles. The van der Waals surface area contributed by atoms with Crippen molar-refractivity contribution in [1.82, 2.24) is 15.5 Å². The van der Waals surface area contributed by atoms with Crippen LogP contribution in [0, 0.1) is 0 Å². The van der Waals surface area contributed by atoms with E-state index < -0.39 is 6.04 Å². The SMILES string of the molecule is O=CN[C@H]1CCCCN(CC(=O)NCc2ccccc2)C1=O. The number of likely N-dealkylation sites (tertiary alicyclic amines) is 1. The van der Waals surface area contributed by atoms with Crippen LogP contribution in [0.3, 0.4) is 0 Å². The zero-order chi connectivity index (χ0) is 15.8. The summed E-state index contributed by atoms with van der Waals surface area (Å²) in [5.41, 5.74) is 1.01. The van der Waals surface area contributed by atoms with Gasteiger partial charge in [-0.15, -0.1) is 0 Å². The molecule has 3 amide bonds. The van der Waals surface area contributed by atoms with Crippen molar-refractivity contribution < 1.29 is 14.4 Å². The smallest absolute Gasteiger partial charge is 0.245 e. The van der Waals surface area contributed by atoms with Crippen molar-refractivity contribution in [1.29, 1.82) is 0 Å². The molecule has 0 aromatic heterocycles. The van der Waals surface area contributed by atoms with Gasteiger partial charge in [0.1, 0.15) is 6.04 Å². The van der Waals surface area contributed by atoms with Crippen LogP contribution in [0.1, 0.15) is 24.8 Å². The second-order valence-corrected chi connectivity index (χ2v) is 5.36. The highest BCUT2D eigenvalue weighted by molar-refractivity contribution is 5.88. The standard InChI is InChI=1S/C16H21N3O3/c20-12-18-14-8-4-5-9-19(16(14)22)11-15(21)17-10-13-6-2-1-3-7-13/h1-3,6-7,12,14H,4-5,8-11H2,(H,17,21)(H,18,20)/t14-/m0/s1. The Labute approximate surface area is 129 Å². The maximum absolute atomic E-state index is 12.3. The van der Waals surface area contributed by atoms with Crippen LogP contribution in [0.25, 0.3) is 0 Å². The molecule has 1 aliphatic heterocycles. The highest BCUT2D eigenvalue weighted by Gasteiger charge is 2.27. The summed E-state index contributed by atoms with van der Waals surface area (Å²) in [4.78, 5) is 36.4. The van der Waals surface area contributed by atoms with Crippen LogP contribution in [0.5, 0.6) is 0 Å². The van der Waals surface area contributed by atoms with Gasteiger partial charge in [0.05, 0.1) is 6.54 Å². The lowest BCUT2D eigenvalue weighted by Gasteiger charge is -2.23. The second-order valence-electron chi connectivity index (χ2n) is 5.36. The van der Waals surface area contributed by atoms with Crippen molar-refractivity contribution in [3.8, 4) is 0 Å². The number of hydrogen-bond acceptors (Lipinski definition) is 3. The van der Waals surface area contributed by atoms with Crippen LogP contribution in [-0.4, -0.2) is 42.3 Å². The first-order valence-electron chi connectivity index (χ1n) is 7.50. The molecule has 1 atom stereocenters. The van der Waals surface area contributed by atoms with E-state index in [0.717, 1.165) is 18.4 Å². The largest absolute Gasteiger partial charge is 0.350 e. The molecule has 6 heteroatoms. The highest BCUT2D eigenvalue weighted by atomic mass is 16.2. The molecule has 0 bridgehead atoms. The highest BCUT2D eigenvalue weighted by Crippen LogP contribution is 2.11. The molecule has 118 valence electrons. The number of carbonyl (C=O) groups excluding carboxylic acids is 3. The van der Waals surface area contributed by atoms with Crippen LogP contribution >= 0.6 is 0 Å². The zero-order valence-electron chi connectivity index (χ0n) is 12.5. The van der Waals surface area contributed by atoms with E-state index in [1.54, 1.807) is 0 Å². The molecule has 1 aliphatic rings.